The number of carbonyl (C=O) groups excluding carboxylic acids is 1. The summed E-state index contributed by atoms with van der Waals surface area (Å²) in [5, 5.41) is 3.51. The molecule has 0 atom stereocenters. The smallest absolute Gasteiger partial charge is 0.266 e. The van der Waals surface area contributed by atoms with Crippen molar-refractivity contribution in [1.29, 1.82) is 0 Å². The van der Waals surface area contributed by atoms with E-state index in [1.54, 1.807) is 18.2 Å². The highest BCUT2D eigenvalue weighted by Crippen LogP contribution is 2.24. The SMILES string of the molecule is Cc1ccccc1-n1c(SCC(=O)Nc2ccc(F)c(Cl)c2)nc2ccccc2c1=O. The molecule has 0 aliphatic heterocycles. The van der Waals surface area contributed by atoms with E-state index in [0.717, 1.165) is 17.3 Å². The standard InChI is InChI=1S/C23H17ClFN3O2S/c1-14-6-2-5-9-20(14)28-22(30)16-7-3-4-8-19(16)27-23(28)31-13-21(29)26-15-10-11-18(25)17(24)12-15/h2-12H,13H2,1H3,(H,26,29). The van der Waals surface area contributed by atoms with Crippen LogP contribution >= 0.6 is 23.4 Å². The average molecular weight is 454 g/mol. The van der Waals surface area contributed by atoms with Crippen molar-refractivity contribution in [2.45, 2.75) is 12.1 Å². The van der Waals surface area contributed by atoms with Gasteiger partial charge in [-0.3, -0.25) is 14.2 Å². The summed E-state index contributed by atoms with van der Waals surface area (Å²) in [7, 11) is 0. The highest BCUT2D eigenvalue weighted by atomic mass is 35.5. The Labute approximate surface area is 186 Å². The van der Waals surface area contributed by atoms with Gasteiger partial charge in [0.1, 0.15) is 5.82 Å². The van der Waals surface area contributed by atoms with Crippen LogP contribution in [0.2, 0.25) is 5.02 Å². The minimum absolute atomic E-state index is 0.00561. The first-order valence-corrected chi connectivity index (χ1v) is 10.8. The normalized spacial score (nSPS) is 10.9. The molecular weight excluding hydrogens is 437 g/mol. The number of hydrogen-bond donors (Lipinski definition) is 1. The van der Waals surface area contributed by atoms with Gasteiger partial charge in [-0.25, -0.2) is 9.37 Å². The largest absolute Gasteiger partial charge is 0.325 e. The lowest BCUT2D eigenvalue weighted by Crippen LogP contribution is -2.23. The minimum Gasteiger partial charge on any atom is -0.325 e. The number of nitrogens with one attached hydrogen (secondary N) is 1. The summed E-state index contributed by atoms with van der Waals surface area (Å²) in [5.41, 5.74) is 2.37. The van der Waals surface area contributed by atoms with Crippen LogP contribution in [0.5, 0.6) is 0 Å². The molecule has 1 heterocycles. The number of nitrogens with zero attached hydrogens (tertiary/aromatic N) is 2. The number of thioether (sulfide) groups is 1. The number of aromatic nitrogens is 2. The van der Waals surface area contributed by atoms with Crippen LogP contribution in [-0.2, 0) is 4.79 Å². The average Bonchev–Trinajstić information content (AvgIpc) is 2.76. The molecule has 0 bridgehead atoms. The number of para-hydroxylation sites is 2. The Morgan fingerprint density at radius 3 is 2.65 bits per heavy atom. The van der Waals surface area contributed by atoms with E-state index in [1.807, 2.05) is 37.3 Å². The minimum atomic E-state index is -0.559. The Morgan fingerprint density at radius 2 is 1.87 bits per heavy atom. The number of benzene rings is 3. The molecule has 8 heteroatoms. The summed E-state index contributed by atoms with van der Waals surface area (Å²) in [5.74, 6) is -0.880. The molecule has 156 valence electrons. The number of fused-ring (bicyclic) bond motifs is 1. The lowest BCUT2D eigenvalue weighted by Gasteiger charge is -2.15. The van der Waals surface area contributed by atoms with E-state index in [1.165, 1.54) is 22.8 Å². The Bertz CT molecular complexity index is 1360. The lowest BCUT2D eigenvalue weighted by atomic mass is 10.2. The second kappa shape index (κ2) is 8.91. The van der Waals surface area contributed by atoms with Crippen LogP contribution in [0.25, 0.3) is 16.6 Å². The quantitative estimate of drug-likeness (QED) is 0.332. The first-order valence-electron chi connectivity index (χ1n) is 9.39. The van der Waals surface area contributed by atoms with E-state index in [9.17, 15) is 14.0 Å². The Morgan fingerprint density at radius 1 is 1.13 bits per heavy atom. The molecule has 4 aromatic rings. The third-order valence-electron chi connectivity index (χ3n) is 4.64. The number of rotatable bonds is 5. The molecule has 3 aromatic carbocycles. The zero-order valence-corrected chi connectivity index (χ0v) is 18.0. The van der Waals surface area contributed by atoms with Gasteiger partial charge < -0.3 is 5.32 Å². The lowest BCUT2D eigenvalue weighted by molar-refractivity contribution is -0.113. The third-order valence-corrected chi connectivity index (χ3v) is 5.87. The molecule has 1 N–H and O–H groups in total. The van der Waals surface area contributed by atoms with Crippen molar-refractivity contribution >= 4 is 45.9 Å². The van der Waals surface area contributed by atoms with Crippen LogP contribution < -0.4 is 10.9 Å². The van der Waals surface area contributed by atoms with E-state index in [4.69, 9.17) is 11.6 Å². The summed E-state index contributed by atoms with van der Waals surface area (Å²) in [6.45, 7) is 1.91. The predicted octanol–water partition coefficient (Wildman–Crippen LogP) is 5.22. The van der Waals surface area contributed by atoms with Gasteiger partial charge in [-0.15, -0.1) is 0 Å². The maximum Gasteiger partial charge on any atom is 0.266 e. The molecule has 0 aliphatic carbocycles. The summed E-state index contributed by atoms with van der Waals surface area (Å²) < 4.78 is 14.9. The molecule has 0 unspecified atom stereocenters. The number of halogens is 2. The van der Waals surface area contributed by atoms with Crippen molar-refractivity contribution in [3.05, 3.63) is 93.5 Å². The molecule has 31 heavy (non-hydrogen) atoms. The van der Waals surface area contributed by atoms with Gasteiger partial charge >= 0.3 is 0 Å². The predicted molar refractivity (Wildman–Crippen MR) is 123 cm³/mol. The van der Waals surface area contributed by atoms with Crippen molar-refractivity contribution in [2.75, 3.05) is 11.1 Å². The van der Waals surface area contributed by atoms with Crippen LogP contribution in [0.3, 0.4) is 0 Å². The van der Waals surface area contributed by atoms with Gasteiger partial charge in [0.2, 0.25) is 5.91 Å². The van der Waals surface area contributed by atoms with E-state index >= 15 is 0 Å². The van der Waals surface area contributed by atoms with Crippen molar-refractivity contribution in [3.63, 3.8) is 0 Å². The van der Waals surface area contributed by atoms with E-state index in [2.05, 4.69) is 10.3 Å². The van der Waals surface area contributed by atoms with E-state index < -0.39 is 5.82 Å². The van der Waals surface area contributed by atoms with Gasteiger partial charge in [0, 0.05) is 5.69 Å². The fourth-order valence-corrected chi connectivity index (χ4v) is 4.12. The molecule has 0 fully saturated rings. The number of carbonyl (C=O) groups is 1. The molecule has 0 saturated heterocycles. The highest BCUT2D eigenvalue weighted by Gasteiger charge is 2.16. The second-order valence-corrected chi connectivity index (χ2v) is 8.15. The van der Waals surface area contributed by atoms with Gasteiger partial charge in [-0.1, -0.05) is 53.7 Å². The molecule has 0 spiro atoms. The van der Waals surface area contributed by atoms with Crippen LogP contribution in [-0.4, -0.2) is 21.2 Å². The molecule has 1 aromatic heterocycles. The van der Waals surface area contributed by atoms with Gasteiger partial charge in [-0.05, 0) is 48.9 Å². The molecule has 0 saturated carbocycles. The molecule has 5 nitrogen and oxygen atoms in total. The van der Waals surface area contributed by atoms with Crippen molar-refractivity contribution in [1.82, 2.24) is 9.55 Å². The zero-order valence-electron chi connectivity index (χ0n) is 16.4. The summed E-state index contributed by atoms with van der Waals surface area (Å²) in [6.07, 6.45) is 0. The van der Waals surface area contributed by atoms with Crippen LogP contribution in [0.15, 0.2) is 76.7 Å². The fraction of sp³-hybridized carbons (Fsp3) is 0.0870. The van der Waals surface area contributed by atoms with Crippen LogP contribution in [0.1, 0.15) is 5.56 Å². The van der Waals surface area contributed by atoms with Gasteiger partial charge in [0.05, 0.1) is 27.4 Å². The number of aryl methyl sites for hydroxylation is 1. The maximum atomic E-state index is 13.3. The van der Waals surface area contributed by atoms with Gasteiger partial charge in [-0.2, -0.15) is 0 Å². The van der Waals surface area contributed by atoms with Crippen LogP contribution in [0.4, 0.5) is 10.1 Å². The first kappa shape index (κ1) is 21.1. The fourth-order valence-electron chi connectivity index (χ4n) is 3.14. The Kier molecular flexibility index (Phi) is 6.06. The van der Waals surface area contributed by atoms with Crippen molar-refractivity contribution < 1.29 is 9.18 Å². The Hall–Kier alpha value is -3.16. The molecular formula is C23H17ClFN3O2S. The monoisotopic (exact) mass is 453 g/mol. The summed E-state index contributed by atoms with van der Waals surface area (Å²) in [6, 6.07) is 18.6. The van der Waals surface area contributed by atoms with Crippen molar-refractivity contribution in [2.24, 2.45) is 0 Å². The third kappa shape index (κ3) is 4.47. The summed E-state index contributed by atoms with van der Waals surface area (Å²) >= 11 is 6.91. The van der Waals surface area contributed by atoms with Gasteiger partial charge in [0.15, 0.2) is 5.16 Å². The zero-order chi connectivity index (χ0) is 22.0. The second-order valence-electron chi connectivity index (χ2n) is 6.80. The number of amides is 1. The number of anilines is 1. The topological polar surface area (TPSA) is 64.0 Å². The van der Waals surface area contributed by atoms with Crippen molar-refractivity contribution in [3.8, 4) is 5.69 Å². The number of hydrogen-bond acceptors (Lipinski definition) is 4. The summed E-state index contributed by atoms with van der Waals surface area (Å²) in [4.78, 5) is 30.4. The highest BCUT2D eigenvalue weighted by molar-refractivity contribution is 7.99. The first-order chi connectivity index (χ1) is 14.9. The van der Waals surface area contributed by atoms with Gasteiger partial charge in [0.25, 0.3) is 5.56 Å². The maximum absolute atomic E-state index is 13.3. The molecule has 1 amide bonds. The van der Waals surface area contributed by atoms with E-state index in [0.29, 0.717) is 27.4 Å². The molecule has 4 rings (SSSR count). The Balaban J connectivity index is 1.67. The molecule has 0 radical (unpaired) electrons. The van der Waals surface area contributed by atoms with Crippen LogP contribution in [0, 0.1) is 12.7 Å². The molecule has 0 aliphatic rings. The van der Waals surface area contributed by atoms with E-state index in [-0.39, 0.29) is 22.2 Å².